The van der Waals surface area contributed by atoms with Gasteiger partial charge in [-0.15, -0.1) is 0 Å². The number of hydrogen-bond acceptors (Lipinski definition) is 3. The van der Waals surface area contributed by atoms with E-state index in [0.717, 1.165) is 0 Å². The molecule has 0 amide bonds. The molecule has 0 saturated heterocycles. The van der Waals surface area contributed by atoms with Crippen molar-refractivity contribution in [3.8, 4) is 0 Å². The lowest BCUT2D eigenvalue weighted by Crippen LogP contribution is -1.83. The number of allylic oxidation sites excluding steroid dienone is 4. The van der Waals surface area contributed by atoms with E-state index in [4.69, 9.17) is 4.52 Å². The molecule has 0 spiro atoms. The van der Waals surface area contributed by atoms with Gasteiger partial charge in [-0.3, -0.25) is 4.79 Å². The van der Waals surface area contributed by atoms with Crippen molar-refractivity contribution < 1.29 is 9.32 Å². The highest BCUT2D eigenvalue weighted by atomic mass is 16.5. The third kappa shape index (κ3) is 1.09. The summed E-state index contributed by atoms with van der Waals surface area (Å²) in [6, 6.07) is 1.65. The Labute approximate surface area is 69.4 Å². The average Bonchev–Trinajstić information content (AvgIpc) is 2.75. The van der Waals surface area contributed by atoms with Gasteiger partial charge in [0.25, 0.3) is 0 Å². The molecule has 1 aromatic rings. The molecule has 0 saturated carbocycles. The summed E-state index contributed by atoms with van der Waals surface area (Å²) in [5.41, 5.74) is 0.346. The van der Waals surface area contributed by atoms with Crippen LogP contribution in [-0.4, -0.2) is 11.4 Å². The molecule has 0 fully saturated rings. The molecule has 1 aromatic heterocycles. The first-order chi connectivity index (χ1) is 5.90. The van der Waals surface area contributed by atoms with Gasteiger partial charge in [0.2, 0.25) is 0 Å². The van der Waals surface area contributed by atoms with Crippen molar-refractivity contribution in [3.63, 3.8) is 0 Å². The van der Waals surface area contributed by atoms with Gasteiger partial charge in [0.15, 0.2) is 6.29 Å². The Kier molecular flexibility index (Phi) is 1.63. The molecule has 3 nitrogen and oxygen atoms in total. The number of rotatable bonds is 2. The zero-order valence-corrected chi connectivity index (χ0v) is 6.31. The molecule has 0 N–H and O–H groups in total. The molecule has 1 aliphatic rings. The maximum absolute atomic E-state index is 10.3. The van der Waals surface area contributed by atoms with E-state index in [1.807, 2.05) is 24.3 Å². The van der Waals surface area contributed by atoms with Crippen LogP contribution in [0.3, 0.4) is 0 Å². The van der Waals surface area contributed by atoms with Gasteiger partial charge in [-0.2, -0.15) is 0 Å². The predicted molar refractivity (Wildman–Crippen MR) is 42.9 cm³/mol. The van der Waals surface area contributed by atoms with Gasteiger partial charge < -0.3 is 4.52 Å². The Morgan fingerprint density at radius 1 is 1.42 bits per heavy atom. The van der Waals surface area contributed by atoms with Crippen LogP contribution in [0, 0.1) is 0 Å². The number of aldehydes is 1. The van der Waals surface area contributed by atoms with Crippen molar-refractivity contribution in [2.75, 3.05) is 0 Å². The van der Waals surface area contributed by atoms with Crippen LogP contribution < -0.4 is 0 Å². The summed E-state index contributed by atoms with van der Waals surface area (Å²) < 4.78 is 4.96. The van der Waals surface area contributed by atoms with E-state index in [-0.39, 0.29) is 5.92 Å². The first-order valence-corrected chi connectivity index (χ1v) is 3.67. The van der Waals surface area contributed by atoms with Crippen molar-refractivity contribution in [2.45, 2.75) is 5.92 Å². The number of carbonyl (C=O) groups is 1. The second-order valence-corrected chi connectivity index (χ2v) is 2.57. The summed E-state index contributed by atoms with van der Waals surface area (Å²) >= 11 is 0. The topological polar surface area (TPSA) is 43.1 Å². The van der Waals surface area contributed by atoms with E-state index < -0.39 is 0 Å². The largest absolute Gasteiger partial charge is 0.360 e. The summed E-state index contributed by atoms with van der Waals surface area (Å²) in [7, 11) is 0. The molecular formula is C9H7NO2. The highest BCUT2D eigenvalue weighted by molar-refractivity contribution is 5.71. The average molecular weight is 161 g/mol. The van der Waals surface area contributed by atoms with E-state index in [1.54, 1.807) is 6.07 Å². The lowest BCUT2D eigenvalue weighted by atomic mass is 10.1. The van der Waals surface area contributed by atoms with Crippen molar-refractivity contribution in [2.24, 2.45) is 0 Å². The van der Waals surface area contributed by atoms with E-state index in [1.165, 1.54) is 0 Å². The summed E-state index contributed by atoms with van der Waals surface area (Å²) in [5, 5.41) is 3.57. The fourth-order valence-electron chi connectivity index (χ4n) is 1.14. The molecule has 0 aromatic carbocycles. The van der Waals surface area contributed by atoms with E-state index >= 15 is 0 Å². The minimum Gasteiger partial charge on any atom is -0.360 e. The van der Waals surface area contributed by atoms with Crippen molar-refractivity contribution in [1.29, 1.82) is 0 Å². The number of carbonyl (C=O) groups excluding carboxylic acids is 1. The molecule has 1 heterocycles. The second kappa shape index (κ2) is 2.77. The Balaban J connectivity index is 2.28. The van der Waals surface area contributed by atoms with Crippen molar-refractivity contribution in [1.82, 2.24) is 5.16 Å². The Hall–Kier alpha value is -1.64. The van der Waals surface area contributed by atoms with Gasteiger partial charge >= 0.3 is 0 Å². The van der Waals surface area contributed by atoms with Crippen LogP contribution in [0.2, 0.25) is 0 Å². The van der Waals surface area contributed by atoms with Gasteiger partial charge in [-0.25, -0.2) is 0 Å². The molecule has 60 valence electrons. The summed E-state index contributed by atoms with van der Waals surface area (Å²) in [5.74, 6) is 0.855. The monoisotopic (exact) mass is 161 g/mol. The highest BCUT2D eigenvalue weighted by Gasteiger charge is 2.12. The number of nitrogens with zero attached hydrogens (tertiary/aromatic N) is 1. The molecule has 12 heavy (non-hydrogen) atoms. The Morgan fingerprint density at radius 3 is 2.75 bits per heavy atom. The lowest BCUT2D eigenvalue weighted by Gasteiger charge is -1.95. The molecule has 0 unspecified atom stereocenters. The maximum atomic E-state index is 10.3. The highest BCUT2D eigenvalue weighted by Crippen LogP contribution is 2.22. The third-order valence-corrected chi connectivity index (χ3v) is 1.74. The van der Waals surface area contributed by atoms with Crippen molar-refractivity contribution >= 4 is 6.29 Å². The van der Waals surface area contributed by atoms with Crippen LogP contribution in [-0.2, 0) is 0 Å². The summed E-state index contributed by atoms with van der Waals surface area (Å²) in [6.45, 7) is 0. The zero-order valence-electron chi connectivity index (χ0n) is 6.31. The fraction of sp³-hybridized carbons (Fsp3) is 0.111. The first-order valence-electron chi connectivity index (χ1n) is 3.67. The molecule has 0 radical (unpaired) electrons. The van der Waals surface area contributed by atoms with E-state index in [0.29, 0.717) is 17.7 Å². The third-order valence-electron chi connectivity index (χ3n) is 1.74. The normalized spacial score (nSPS) is 15.7. The van der Waals surface area contributed by atoms with Gasteiger partial charge in [-0.05, 0) is 0 Å². The van der Waals surface area contributed by atoms with Gasteiger partial charge in [0, 0.05) is 6.07 Å². The van der Waals surface area contributed by atoms with E-state index in [9.17, 15) is 4.79 Å². The fourth-order valence-corrected chi connectivity index (χ4v) is 1.14. The zero-order chi connectivity index (χ0) is 8.39. The minimum absolute atomic E-state index is 0.145. The van der Waals surface area contributed by atoms with Crippen LogP contribution in [0.5, 0.6) is 0 Å². The van der Waals surface area contributed by atoms with Crippen LogP contribution >= 0.6 is 0 Å². The lowest BCUT2D eigenvalue weighted by molar-refractivity contribution is 0.111. The number of hydrogen-bond donors (Lipinski definition) is 0. The standard InChI is InChI=1S/C9H7NO2/c11-6-8-5-9(12-10-8)7-3-1-2-4-7/h1-7H. The van der Waals surface area contributed by atoms with Crippen LogP contribution in [0.15, 0.2) is 34.9 Å². The molecule has 0 atom stereocenters. The molecular weight excluding hydrogens is 154 g/mol. The summed E-state index contributed by atoms with van der Waals surface area (Å²) in [6.07, 6.45) is 8.51. The summed E-state index contributed by atoms with van der Waals surface area (Å²) in [4.78, 5) is 10.3. The van der Waals surface area contributed by atoms with Gasteiger partial charge in [-0.1, -0.05) is 29.5 Å². The molecule has 3 heteroatoms. The maximum Gasteiger partial charge on any atom is 0.171 e. The second-order valence-electron chi connectivity index (χ2n) is 2.57. The predicted octanol–water partition coefficient (Wildman–Crippen LogP) is 1.70. The molecule has 0 aliphatic heterocycles. The smallest absolute Gasteiger partial charge is 0.171 e. The Morgan fingerprint density at radius 2 is 2.17 bits per heavy atom. The SMILES string of the molecule is O=Cc1cc(C2C=CC=C2)on1. The molecule has 0 bridgehead atoms. The quantitative estimate of drug-likeness (QED) is 0.620. The van der Waals surface area contributed by atoms with E-state index in [2.05, 4.69) is 5.16 Å². The van der Waals surface area contributed by atoms with Gasteiger partial charge in [0.05, 0.1) is 5.92 Å². The Bertz CT molecular complexity index is 337. The molecule has 1 aliphatic carbocycles. The minimum atomic E-state index is 0.145. The van der Waals surface area contributed by atoms with Crippen molar-refractivity contribution in [3.05, 3.63) is 41.8 Å². The van der Waals surface area contributed by atoms with Crippen LogP contribution in [0.25, 0.3) is 0 Å². The van der Waals surface area contributed by atoms with Crippen LogP contribution in [0.4, 0.5) is 0 Å². The van der Waals surface area contributed by atoms with Gasteiger partial charge in [0.1, 0.15) is 11.5 Å². The van der Waals surface area contributed by atoms with Crippen LogP contribution in [0.1, 0.15) is 22.2 Å². The molecule has 2 rings (SSSR count). The number of aromatic nitrogens is 1. The first kappa shape index (κ1) is 7.03.